The van der Waals surface area contributed by atoms with E-state index in [0.29, 0.717) is 16.4 Å². The van der Waals surface area contributed by atoms with Gasteiger partial charge in [0.25, 0.3) is 0 Å². The van der Waals surface area contributed by atoms with Gasteiger partial charge in [0.05, 0.1) is 11.4 Å². The van der Waals surface area contributed by atoms with Crippen molar-refractivity contribution in [1.29, 1.82) is 0 Å². The average Bonchev–Trinajstić information content (AvgIpc) is 2.03. The van der Waals surface area contributed by atoms with Crippen molar-refractivity contribution in [2.45, 2.75) is 9.67 Å². The molecule has 6 heteroatoms. The summed E-state index contributed by atoms with van der Waals surface area (Å²) in [6.07, 6.45) is 0. The molecule has 0 N–H and O–H groups in total. The number of hydrogen-bond donors (Lipinski definition) is 0. The van der Waals surface area contributed by atoms with Crippen molar-refractivity contribution in [2.75, 3.05) is 0 Å². The molecule has 0 radical (unpaired) electrons. The predicted molar refractivity (Wildman–Crippen MR) is 58.1 cm³/mol. The molecule has 0 saturated heterocycles. The highest BCUT2D eigenvalue weighted by Gasteiger charge is 2.11. The van der Waals surface area contributed by atoms with E-state index in [9.17, 15) is 0 Å². The molecule has 0 fully saturated rings. The predicted octanol–water partition coefficient (Wildman–Crippen LogP) is 4.69. The number of pyridine rings is 1. The van der Waals surface area contributed by atoms with Crippen molar-refractivity contribution >= 4 is 58.0 Å². The van der Waals surface area contributed by atoms with Crippen LogP contribution in [0.5, 0.6) is 0 Å². The van der Waals surface area contributed by atoms with Crippen LogP contribution in [-0.4, -0.2) is 4.98 Å². The quantitative estimate of drug-likeness (QED) is 0.716. The van der Waals surface area contributed by atoms with E-state index >= 15 is 0 Å². The minimum Gasteiger partial charge on any atom is -0.252 e. The lowest BCUT2D eigenvalue weighted by molar-refractivity contribution is 1.06. The minimum atomic E-state index is -0.732. The maximum Gasteiger partial charge on any atom is 0.149 e. The summed E-state index contributed by atoms with van der Waals surface area (Å²) in [5.41, 5.74) is 0.884. The normalized spacial score (nSPS) is 11.3. The average molecular weight is 279 g/mol. The number of alkyl halides is 4. The molecule has 1 heterocycles. The molecule has 1 rings (SSSR count). The molecular weight excluding hydrogens is 275 g/mol. The molecule has 0 aromatic carbocycles. The fourth-order valence-electron chi connectivity index (χ4n) is 0.761. The van der Waals surface area contributed by atoms with Gasteiger partial charge < -0.3 is 0 Å². The highest BCUT2D eigenvalue weighted by Crippen LogP contribution is 2.30. The lowest BCUT2D eigenvalue weighted by Crippen LogP contribution is -1.94. The first-order chi connectivity index (χ1) is 6.00. The molecule has 1 aromatic heterocycles. The second kappa shape index (κ2) is 4.90. The van der Waals surface area contributed by atoms with E-state index in [1.165, 1.54) is 0 Å². The number of nitrogens with zero attached hydrogens (tertiary/aromatic N) is 1. The number of rotatable bonds is 2. The topological polar surface area (TPSA) is 12.9 Å². The first-order valence-electron chi connectivity index (χ1n) is 3.24. The Balaban J connectivity index is 3.11. The first-order valence-corrected chi connectivity index (χ1v) is 5.36. The molecule has 0 spiro atoms. The van der Waals surface area contributed by atoms with Gasteiger partial charge in [0.15, 0.2) is 0 Å². The highest BCUT2D eigenvalue weighted by molar-refractivity contribution is 6.44. The molecule has 0 aliphatic rings. The molecule has 0 atom stereocenters. The van der Waals surface area contributed by atoms with Gasteiger partial charge in [-0.15, -0.1) is 0 Å². The summed E-state index contributed by atoms with van der Waals surface area (Å²) in [6, 6.07) is 3.12. The first kappa shape index (κ1) is 11.7. The summed E-state index contributed by atoms with van der Waals surface area (Å²) in [6.45, 7) is 0. The van der Waals surface area contributed by atoms with Crippen LogP contribution in [0.1, 0.15) is 21.1 Å². The summed E-state index contributed by atoms with van der Waals surface area (Å²) in [7, 11) is 0. The molecular formula is C7H4Cl5N. The van der Waals surface area contributed by atoms with E-state index in [0.717, 1.165) is 0 Å². The van der Waals surface area contributed by atoms with Crippen LogP contribution < -0.4 is 0 Å². The Kier molecular flexibility index (Phi) is 4.40. The maximum atomic E-state index is 5.76. The van der Waals surface area contributed by atoms with Crippen molar-refractivity contribution in [3.8, 4) is 0 Å². The van der Waals surface area contributed by atoms with Gasteiger partial charge in [-0.05, 0) is 12.1 Å². The third-order valence-electron chi connectivity index (χ3n) is 1.28. The van der Waals surface area contributed by atoms with Gasteiger partial charge in [0, 0.05) is 5.02 Å². The maximum absolute atomic E-state index is 5.76. The molecule has 0 aliphatic heterocycles. The monoisotopic (exact) mass is 277 g/mol. The third kappa shape index (κ3) is 3.34. The van der Waals surface area contributed by atoms with E-state index in [-0.39, 0.29) is 0 Å². The second-order valence-electron chi connectivity index (χ2n) is 2.24. The van der Waals surface area contributed by atoms with Gasteiger partial charge in [-0.3, -0.25) is 4.98 Å². The molecule has 0 aliphatic carbocycles. The van der Waals surface area contributed by atoms with Crippen molar-refractivity contribution < 1.29 is 0 Å². The van der Waals surface area contributed by atoms with Crippen LogP contribution in [0.25, 0.3) is 0 Å². The summed E-state index contributed by atoms with van der Waals surface area (Å²) in [4.78, 5) is 2.56. The van der Waals surface area contributed by atoms with Gasteiger partial charge in [-0.1, -0.05) is 58.0 Å². The Bertz CT molecular complexity index is 273. The summed E-state index contributed by atoms with van der Waals surface area (Å²) in [5, 5.41) is 0.456. The lowest BCUT2D eigenvalue weighted by atomic mass is 10.3. The zero-order valence-corrected chi connectivity index (χ0v) is 9.93. The van der Waals surface area contributed by atoms with Crippen molar-refractivity contribution in [3.05, 3.63) is 28.5 Å². The number of hydrogen-bond acceptors (Lipinski definition) is 1. The smallest absolute Gasteiger partial charge is 0.149 e. The van der Waals surface area contributed by atoms with Crippen molar-refractivity contribution in [1.82, 2.24) is 4.98 Å². The highest BCUT2D eigenvalue weighted by atomic mass is 35.5. The van der Waals surface area contributed by atoms with E-state index in [1.807, 2.05) is 0 Å². The molecule has 0 saturated carbocycles. The van der Waals surface area contributed by atoms with E-state index in [1.54, 1.807) is 12.1 Å². The van der Waals surface area contributed by atoms with Crippen LogP contribution in [0.4, 0.5) is 0 Å². The van der Waals surface area contributed by atoms with Crippen molar-refractivity contribution in [2.24, 2.45) is 0 Å². The Labute approximate surface area is 101 Å². The van der Waals surface area contributed by atoms with Crippen LogP contribution in [-0.2, 0) is 0 Å². The molecule has 0 amide bonds. The molecule has 1 nitrogen and oxygen atoms in total. The molecule has 0 bridgehead atoms. The Morgan fingerprint density at radius 3 is 1.62 bits per heavy atom. The van der Waals surface area contributed by atoms with Gasteiger partial charge in [-0.2, -0.15) is 0 Å². The van der Waals surface area contributed by atoms with Crippen LogP contribution >= 0.6 is 58.0 Å². The fourth-order valence-corrected chi connectivity index (χ4v) is 1.43. The minimum absolute atomic E-state index is 0.442. The van der Waals surface area contributed by atoms with Gasteiger partial charge in [-0.25, -0.2) is 0 Å². The zero-order valence-electron chi connectivity index (χ0n) is 6.15. The van der Waals surface area contributed by atoms with E-state index < -0.39 is 9.67 Å². The second-order valence-corrected chi connectivity index (χ2v) is 4.87. The van der Waals surface area contributed by atoms with Crippen molar-refractivity contribution in [3.63, 3.8) is 0 Å². The van der Waals surface area contributed by atoms with Gasteiger partial charge >= 0.3 is 0 Å². The summed E-state index contributed by atoms with van der Waals surface area (Å²) >= 11 is 28.2. The van der Waals surface area contributed by atoms with E-state index in [2.05, 4.69) is 4.98 Å². The third-order valence-corrected chi connectivity index (χ3v) is 2.39. The number of aromatic nitrogens is 1. The van der Waals surface area contributed by atoms with E-state index in [4.69, 9.17) is 58.0 Å². The zero-order chi connectivity index (χ0) is 10.0. The number of halogens is 5. The summed E-state index contributed by atoms with van der Waals surface area (Å²) < 4.78 is 0. The SMILES string of the molecule is Clc1cc(C(Cl)Cl)nc(C(Cl)Cl)c1. The molecule has 13 heavy (non-hydrogen) atoms. The molecule has 1 aromatic rings. The van der Waals surface area contributed by atoms with Crippen LogP contribution in [0.2, 0.25) is 5.02 Å². The standard InChI is InChI=1S/C7H4Cl5N/c8-3-1-4(6(9)10)13-5(2-3)7(11)12/h1-2,6-7H. The molecule has 72 valence electrons. The summed E-state index contributed by atoms with van der Waals surface area (Å²) in [5.74, 6) is 0. The van der Waals surface area contributed by atoms with Crippen LogP contribution in [0.3, 0.4) is 0 Å². The fraction of sp³-hybridized carbons (Fsp3) is 0.286. The Hall–Kier alpha value is 0.600. The Morgan fingerprint density at radius 1 is 0.923 bits per heavy atom. The van der Waals surface area contributed by atoms with Gasteiger partial charge in [0.1, 0.15) is 9.67 Å². The largest absolute Gasteiger partial charge is 0.252 e. The van der Waals surface area contributed by atoms with Crippen LogP contribution in [0, 0.1) is 0 Å². The molecule has 0 unspecified atom stereocenters. The Morgan fingerprint density at radius 2 is 1.31 bits per heavy atom. The van der Waals surface area contributed by atoms with Crippen LogP contribution in [0.15, 0.2) is 12.1 Å². The van der Waals surface area contributed by atoms with Gasteiger partial charge in [0.2, 0.25) is 0 Å². The lowest BCUT2D eigenvalue weighted by Gasteiger charge is -2.06.